The summed E-state index contributed by atoms with van der Waals surface area (Å²) in [6.45, 7) is 2.30. The van der Waals surface area contributed by atoms with Gasteiger partial charge < -0.3 is 15.1 Å². The number of carbonyl (C=O) groups is 1. The molecule has 0 radical (unpaired) electrons. The zero-order valence-corrected chi connectivity index (χ0v) is 10.5. The molecule has 0 bridgehead atoms. The van der Waals surface area contributed by atoms with Gasteiger partial charge in [0.15, 0.2) is 0 Å². The van der Waals surface area contributed by atoms with E-state index in [9.17, 15) is 4.79 Å². The van der Waals surface area contributed by atoms with Gasteiger partial charge in [0.1, 0.15) is 5.76 Å². The maximum Gasteiger partial charge on any atom is 0.257 e. The first kappa shape index (κ1) is 12.2. The number of hydrogen-bond donors (Lipinski definition) is 1. The molecule has 18 heavy (non-hydrogen) atoms. The highest BCUT2D eigenvalue weighted by atomic mass is 16.3. The number of furan rings is 1. The van der Waals surface area contributed by atoms with Crippen molar-refractivity contribution in [3.8, 4) is 0 Å². The first-order chi connectivity index (χ1) is 8.58. The van der Waals surface area contributed by atoms with Crippen LogP contribution in [0.15, 0.2) is 41.0 Å². The van der Waals surface area contributed by atoms with Gasteiger partial charge >= 0.3 is 0 Å². The van der Waals surface area contributed by atoms with Gasteiger partial charge in [-0.15, -0.1) is 0 Å². The van der Waals surface area contributed by atoms with Crippen LogP contribution in [0.5, 0.6) is 0 Å². The Morgan fingerprint density at radius 3 is 2.78 bits per heavy atom. The zero-order chi connectivity index (χ0) is 13.1. The van der Waals surface area contributed by atoms with Crippen molar-refractivity contribution >= 4 is 11.6 Å². The van der Waals surface area contributed by atoms with Crippen LogP contribution >= 0.6 is 0 Å². The Morgan fingerprint density at radius 1 is 1.39 bits per heavy atom. The Labute approximate surface area is 106 Å². The van der Waals surface area contributed by atoms with Crippen molar-refractivity contribution in [2.75, 3.05) is 12.8 Å². The lowest BCUT2D eigenvalue weighted by molar-refractivity contribution is 0.0783. The van der Waals surface area contributed by atoms with E-state index in [1.807, 2.05) is 24.3 Å². The molecular formula is C14H16N2O2. The number of nitrogens with two attached hydrogens (primary N) is 1. The molecular weight excluding hydrogens is 228 g/mol. The lowest BCUT2D eigenvalue weighted by atomic mass is 10.1. The minimum absolute atomic E-state index is 0.0522. The van der Waals surface area contributed by atoms with Crippen LogP contribution in [0.25, 0.3) is 0 Å². The second-order valence-corrected chi connectivity index (χ2v) is 4.30. The molecule has 0 saturated heterocycles. The zero-order valence-electron chi connectivity index (χ0n) is 10.5. The molecule has 0 aliphatic carbocycles. The van der Waals surface area contributed by atoms with Crippen molar-refractivity contribution in [2.24, 2.45) is 0 Å². The van der Waals surface area contributed by atoms with Gasteiger partial charge in [0.25, 0.3) is 5.91 Å². The van der Waals surface area contributed by atoms with E-state index in [0.29, 0.717) is 23.6 Å². The topological polar surface area (TPSA) is 59.5 Å². The van der Waals surface area contributed by atoms with E-state index < -0.39 is 0 Å². The van der Waals surface area contributed by atoms with Crippen LogP contribution in [0.3, 0.4) is 0 Å². The van der Waals surface area contributed by atoms with Gasteiger partial charge in [-0.05, 0) is 30.7 Å². The summed E-state index contributed by atoms with van der Waals surface area (Å²) in [6, 6.07) is 9.21. The average Bonchev–Trinajstić information content (AvgIpc) is 2.74. The van der Waals surface area contributed by atoms with Crippen LogP contribution in [0.4, 0.5) is 5.69 Å². The van der Waals surface area contributed by atoms with E-state index in [1.54, 1.807) is 24.9 Å². The minimum atomic E-state index is -0.0522. The lowest BCUT2D eigenvalue weighted by Crippen LogP contribution is -2.26. The Kier molecular flexibility index (Phi) is 3.37. The summed E-state index contributed by atoms with van der Waals surface area (Å²) in [5, 5.41) is 0. The van der Waals surface area contributed by atoms with Crippen molar-refractivity contribution < 1.29 is 9.21 Å². The standard InChI is InChI=1S/C14H16N2O2/c1-10-13(6-7-18-10)14(17)16(2)9-11-4-3-5-12(15)8-11/h3-8H,9,15H2,1-2H3. The molecule has 0 aliphatic rings. The second kappa shape index (κ2) is 4.96. The van der Waals surface area contributed by atoms with Crippen molar-refractivity contribution in [1.29, 1.82) is 0 Å². The fraction of sp³-hybridized carbons (Fsp3) is 0.214. The summed E-state index contributed by atoms with van der Waals surface area (Å²) in [5.41, 5.74) is 8.02. The predicted molar refractivity (Wildman–Crippen MR) is 70.1 cm³/mol. The highest BCUT2D eigenvalue weighted by molar-refractivity contribution is 5.94. The number of benzene rings is 1. The molecule has 2 aromatic rings. The van der Waals surface area contributed by atoms with Gasteiger partial charge in [-0.3, -0.25) is 4.79 Å². The highest BCUT2D eigenvalue weighted by Crippen LogP contribution is 2.14. The van der Waals surface area contributed by atoms with Crippen LogP contribution in [0.2, 0.25) is 0 Å². The highest BCUT2D eigenvalue weighted by Gasteiger charge is 2.16. The number of nitrogen functional groups attached to an aromatic ring is 1. The Balaban J connectivity index is 2.11. The largest absolute Gasteiger partial charge is 0.469 e. The van der Waals surface area contributed by atoms with Crippen LogP contribution in [-0.4, -0.2) is 17.9 Å². The first-order valence-electron chi connectivity index (χ1n) is 5.72. The molecule has 2 rings (SSSR count). The monoisotopic (exact) mass is 244 g/mol. The Hall–Kier alpha value is -2.23. The second-order valence-electron chi connectivity index (χ2n) is 4.30. The molecule has 1 amide bonds. The van der Waals surface area contributed by atoms with Crippen molar-refractivity contribution in [1.82, 2.24) is 4.90 Å². The smallest absolute Gasteiger partial charge is 0.257 e. The number of aryl methyl sites for hydroxylation is 1. The Bertz CT molecular complexity index is 560. The third kappa shape index (κ3) is 2.53. The SMILES string of the molecule is Cc1occc1C(=O)N(C)Cc1cccc(N)c1. The molecule has 94 valence electrons. The summed E-state index contributed by atoms with van der Waals surface area (Å²) >= 11 is 0. The summed E-state index contributed by atoms with van der Waals surface area (Å²) in [4.78, 5) is 13.8. The van der Waals surface area contributed by atoms with Gasteiger partial charge in [-0.2, -0.15) is 0 Å². The molecule has 1 aromatic carbocycles. The van der Waals surface area contributed by atoms with E-state index in [1.165, 1.54) is 6.26 Å². The molecule has 0 fully saturated rings. The van der Waals surface area contributed by atoms with Gasteiger partial charge in [0.05, 0.1) is 11.8 Å². The third-order valence-corrected chi connectivity index (χ3v) is 2.81. The normalized spacial score (nSPS) is 10.3. The summed E-state index contributed by atoms with van der Waals surface area (Å²) < 4.78 is 5.14. The fourth-order valence-electron chi connectivity index (χ4n) is 1.85. The van der Waals surface area contributed by atoms with Crippen LogP contribution in [-0.2, 0) is 6.54 Å². The van der Waals surface area contributed by atoms with Crippen LogP contribution in [0.1, 0.15) is 21.7 Å². The number of nitrogens with zero attached hydrogens (tertiary/aromatic N) is 1. The maximum atomic E-state index is 12.2. The van der Waals surface area contributed by atoms with E-state index in [4.69, 9.17) is 10.2 Å². The van der Waals surface area contributed by atoms with Crippen molar-refractivity contribution in [3.05, 3.63) is 53.5 Å². The van der Waals surface area contributed by atoms with Crippen LogP contribution in [0, 0.1) is 6.92 Å². The summed E-state index contributed by atoms with van der Waals surface area (Å²) in [6.07, 6.45) is 1.52. The molecule has 0 aliphatic heterocycles. The third-order valence-electron chi connectivity index (χ3n) is 2.81. The molecule has 2 N–H and O–H groups in total. The number of carbonyl (C=O) groups excluding carboxylic acids is 1. The van der Waals surface area contributed by atoms with Gasteiger partial charge in [0.2, 0.25) is 0 Å². The molecule has 0 unspecified atom stereocenters. The summed E-state index contributed by atoms with van der Waals surface area (Å²) in [7, 11) is 1.76. The van der Waals surface area contributed by atoms with Crippen molar-refractivity contribution in [2.45, 2.75) is 13.5 Å². The molecule has 1 aromatic heterocycles. The van der Waals surface area contributed by atoms with Gasteiger partial charge in [-0.25, -0.2) is 0 Å². The van der Waals surface area contributed by atoms with Crippen molar-refractivity contribution in [3.63, 3.8) is 0 Å². The van der Waals surface area contributed by atoms with E-state index in [-0.39, 0.29) is 5.91 Å². The maximum absolute atomic E-state index is 12.2. The van der Waals surface area contributed by atoms with Gasteiger partial charge in [-0.1, -0.05) is 12.1 Å². The molecule has 0 atom stereocenters. The fourth-order valence-corrected chi connectivity index (χ4v) is 1.85. The number of amides is 1. The van der Waals surface area contributed by atoms with E-state index in [0.717, 1.165) is 5.56 Å². The van der Waals surface area contributed by atoms with Gasteiger partial charge in [0, 0.05) is 19.3 Å². The minimum Gasteiger partial charge on any atom is -0.469 e. The lowest BCUT2D eigenvalue weighted by Gasteiger charge is -2.17. The average molecular weight is 244 g/mol. The number of hydrogen-bond acceptors (Lipinski definition) is 3. The molecule has 1 heterocycles. The quantitative estimate of drug-likeness (QED) is 0.844. The van der Waals surface area contributed by atoms with E-state index in [2.05, 4.69) is 0 Å². The first-order valence-corrected chi connectivity index (χ1v) is 5.72. The molecule has 4 nitrogen and oxygen atoms in total. The molecule has 4 heteroatoms. The molecule has 0 spiro atoms. The number of rotatable bonds is 3. The summed E-state index contributed by atoms with van der Waals surface area (Å²) in [5.74, 6) is 0.586. The van der Waals surface area contributed by atoms with E-state index >= 15 is 0 Å². The number of anilines is 1. The van der Waals surface area contributed by atoms with Crippen LogP contribution < -0.4 is 5.73 Å². The predicted octanol–water partition coefficient (Wildman–Crippen LogP) is 2.44. The Morgan fingerprint density at radius 2 is 2.17 bits per heavy atom. The molecule has 0 saturated carbocycles.